The van der Waals surface area contributed by atoms with E-state index in [1.54, 1.807) is 12.1 Å². The van der Waals surface area contributed by atoms with Gasteiger partial charge in [-0.2, -0.15) is 0 Å². The number of H-pyrrole nitrogens is 1. The second-order valence-electron chi connectivity index (χ2n) is 7.07. The predicted octanol–water partition coefficient (Wildman–Crippen LogP) is 3.13. The first-order chi connectivity index (χ1) is 13.5. The van der Waals surface area contributed by atoms with Gasteiger partial charge in [-0.1, -0.05) is 35.6 Å². The lowest BCUT2D eigenvalue weighted by Gasteiger charge is -2.28. The Balaban J connectivity index is 0.00000240. The zero-order valence-electron chi connectivity index (χ0n) is 15.9. The first-order valence-corrected chi connectivity index (χ1v) is 11.7. The van der Waals surface area contributed by atoms with Crippen molar-refractivity contribution in [1.82, 2.24) is 14.6 Å². The molecule has 1 aliphatic heterocycles. The number of hydrogen-bond acceptors (Lipinski definition) is 5. The minimum atomic E-state index is -3.56. The van der Waals surface area contributed by atoms with E-state index in [0.29, 0.717) is 16.8 Å². The van der Waals surface area contributed by atoms with E-state index in [2.05, 4.69) is 38.9 Å². The van der Waals surface area contributed by atoms with Crippen molar-refractivity contribution < 1.29 is 8.42 Å². The van der Waals surface area contributed by atoms with Crippen LogP contribution < -0.4 is 9.60 Å². The van der Waals surface area contributed by atoms with Crippen LogP contribution in [0, 0.1) is 0 Å². The molecule has 0 aliphatic carbocycles. The highest BCUT2D eigenvalue weighted by Gasteiger charge is 2.16. The highest BCUT2D eigenvalue weighted by molar-refractivity contribution is 7.89. The molecule has 0 saturated carbocycles. The van der Waals surface area contributed by atoms with E-state index in [-0.39, 0.29) is 22.2 Å². The molecule has 0 saturated heterocycles. The maximum absolute atomic E-state index is 12.5. The van der Waals surface area contributed by atoms with Crippen LogP contribution in [0.3, 0.4) is 0 Å². The fourth-order valence-corrected chi connectivity index (χ4v) is 5.54. The van der Waals surface area contributed by atoms with Crippen LogP contribution in [0.15, 0.2) is 52.2 Å². The molecule has 29 heavy (non-hydrogen) atoms. The molecule has 3 aromatic rings. The zero-order valence-corrected chi connectivity index (χ0v) is 18.3. The number of nitrogens with one attached hydrogen (secondary N) is 2. The van der Waals surface area contributed by atoms with Gasteiger partial charge in [-0.3, -0.25) is 9.69 Å². The average molecular weight is 454 g/mol. The summed E-state index contributed by atoms with van der Waals surface area (Å²) in [5.74, 6) is 0. The van der Waals surface area contributed by atoms with Crippen molar-refractivity contribution in [1.29, 1.82) is 0 Å². The summed E-state index contributed by atoms with van der Waals surface area (Å²) in [6, 6.07) is 13.3. The Labute approximate surface area is 180 Å². The van der Waals surface area contributed by atoms with Gasteiger partial charge in [0.2, 0.25) is 10.0 Å². The smallest absolute Gasteiger partial charge is 0.305 e. The quantitative estimate of drug-likeness (QED) is 0.538. The Hall–Kier alpha value is -1.71. The molecule has 156 valence electrons. The molecule has 6 nitrogen and oxygen atoms in total. The van der Waals surface area contributed by atoms with Gasteiger partial charge in [0, 0.05) is 19.6 Å². The van der Waals surface area contributed by atoms with Crippen LogP contribution >= 0.6 is 23.7 Å². The Bertz CT molecular complexity index is 1140. The maximum Gasteiger partial charge on any atom is 0.305 e. The molecule has 1 aliphatic rings. The summed E-state index contributed by atoms with van der Waals surface area (Å²) >= 11 is 1.02. The van der Waals surface area contributed by atoms with Crippen molar-refractivity contribution in [3.8, 4) is 0 Å². The predicted molar refractivity (Wildman–Crippen MR) is 120 cm³/mol. The number of benzene rings is 2. The van der Waals surface area contributed by atoms with Crippen LogP contribution in [0.1, 0.15) is 24.0 Å². The SMILES string of the molecule is Cl.O=c1[nH]c2ccc(S(=O)(=O)NCCCCN3CCc4ccccc4C3)cc2s1. The topological polar surface area (TPSA) is 82.3 Å². The molecule has 0 spiro atoms. The molecule has 0 bridgehead atoms. The summed E-state index contributed by atoms with van der Waals surface area (Å²) in [7, 11) is -3.56. The molecule has 0 amide bonds. The van der Waals surface area contributed by atoms with Gasteiger partial charge in [0.25, 0.3) is 0 Å². The molecule has 0 fully saturated rings. The van der Waals surface area contributed by atoms with E-state index in [9.17, 15) is 13.2 Å². The van der Waals surface area contributed by atoms with Gasteiger partial charge >= 0.3 is 4.87 Å². The Morgan fingerprint density at radius 3 is 2.72 bits per heavy atom. The number of hydrogen-bond donors (Lipinski definition) is 2. The number of sulfonamides is 1. The third-order valence-corrected chi connectivity index (χ3v) is 7.41. The third-order valence-electron chi connectivity index (χ3n) is 5.11. The number of unbranched alkanes of at least 4 members (excludes halogenated alkanes) is 1. The van der Waals surface area contributed by atoms with Crippen molar-refractivity contribution in [3.63, 3.8) is 0 Å². The lowest BCUT2D eigenvalue weighted by molar-refractivity contribution is 0.249. The number of fused-ring (bicyclic) bond motifs is 2. The molecule has 0 unspecified atom stereocenters. The molecule has 2 N–H and O–H groups in total. The monoisotopic (exact) mass is 453 g/mol. The summed E-state index contributed by atoms with van der Waals surface area (Å²) in [6.45, 7) is 3.41. The Morgan fingerprint density at radius 2 is 1.90 bits per heavy atom. The fourth-order valence-electron chi connectivity index (χ4n) is 3.59. The van der Waals surface area contributed by atoms with Crippen LogP contribution in [0.4, 0.5) is 0 Å². The number of thiazole rings is 1. The van der Waals surface area contributed by atoms with Gasteiger partial charge < -0.3 is 4.98 Å². The van der Waals surface area contributed by atoms with E-state index < -0.39 is 10.0 Å². The van der Waals surface area contributed by atoms with Gasteiger partial charge in [0.05, 0.1) is 15.1 Å². The van der Waals surface area contributed by atoms with Crippen LogP contribution in [0.2, 0.25) is 0 Å². The lowest BCUT2D eigenvalue weighted by atomic mass is 10.00. The van der Waals surface area contributed by atoms with Crippen molar-refractivity contribution in [2.24, 2.45) is 0 Å². The van der Waals surface area contributed by atoms with E-state index in [1.807, 2.05) is 0 Å². The average Bonchev–Trinajstić information content (AvgIpc) is 3.06. The zero-order chi connectivity index (χ0) is 19.6. The molecular formula is C20H24ClN3O3S2. The molecule has 2 aromatic carbocycles. The highest BCUT2D eigenvalue weighted by Crippen LogP contribution is 2.20. The molecule has 0 radical (unpaired) electrons. The molecular weight excluding hydrogens is 430 g/mol. The minimum Gasteiger partial charge on any atom is -0.312 e. The van der Waals surface area contributed by atoms with Crippen molar-refractivity contribution in [2.45, 2.75) is 30.7 Å². The van der Waals surface area contributed by atoms with Crippen LogP contribution in [0.25, 0.3) is 10.2 Å². The van der Waals surface area contributed by atoms with E-state index in [4.69, 9.17) is 0 Å². The molecule has 9 heteroatoms. The second kappa shape index (κ2) is 9.40. The highest BCUT2D eigenvalue weighted by atomic mass is 35.5. The normalized spacial score (nSPS) is 14.5. The number of halogens is 1. The van der Waals surface area contributed by atoms with E-state index in [1.165, 1.54) is 17.2 Å². The molecule has 1 aromatic heterocycles. The standard InChI is InChI=1S/C20H23N3O3S2.ClH/c24-20-22-18-8-7-17(13-19(18)27-20)28(25,26)21-10-3-4-11-23-12-9-15-5-1-2-6-16(15)14-23;/h1-2,5-8,13,21H,3-4,9-12,14H2,(H,22,24);1H. The summed E-state index contributed by atoms with van der Waals surface area (Å²) < 4.78 is 28.3. The fraction of sp³-hybridized carbons (Fsp3) is 0.350. The third kappa shape index (κ3) is 5.26. The van der Waals surface area contributed by atoms with Crippen molar-refractivity contribution in [2.75, 3.05) is 19.6 Å². The lowest BCUT2D eigenvalue weighted by Crippen LogP contribution is -2.32. The molecule has 4 rings (SSSR count). The summed E-state index contributed by atoms with van der Waals surface area (Å²) in [4.78, 5) is 16.5. The number of aromatic amines is 1. The maximum atomic E-state index is 12.5. The van der Waals surface area contributed by atoms with Crippen molar-refractivity contribution >= 4 is 44.0 Å². The summed E-state index contributed by atoms with van der Waals surface area (Å²) in [5.41, 5.74) is 3.50. The number of rotatable bonds is 7. The van der Waals surface area contributed by atoms with Crippen LogP contribution in [-0.2, 0) is 23.0 Å². The van der Waals surface area contributed by atoms with E-state index >= 15 is 0 Å². The molecule has 0 atom stereocenters. The van der Waals surface area contributed by atoms with Gasteiger partial charge in [-0.05, 0) is 55.1 Å². The van der Waals surface area contributed by atoms with Gasteiger partial charge in [0.15, 0.2) is 0 Å². The first kappa shape index (κ1) is 22.0. The summed E-state index contributed by atoms with van der Waals surface area (Å²) in [5, 5.41) is 0. The number of aromatic nitrogens is 1. The largest absolute Gasteiger partial charge is 0.312 e. The van der Waals surface area contributed by atoms with E-state index in [0.717, 1.165) is 50.2 Å². The molecule has 2 heterocycles. The first-order valence-electron chi connectivity index (χ1n) is 9.43. The van der Waals surface area contributed by atoms with Crippen molar-refractivity contribution in [3.05, 3.63) is 63.3 Å². The van der Waals surface area contributed by atoms with Crippen LogP contribution in [0.5, 0.6) is 0 Å². The Morgan fingerprint density at radius 1 is 1.10 bits per heavy atom. The minimum absolute atomic E-state index is 0. The summed E-state index contributed by atoms with van der Waals surface area (Å²) in [6.07, 6.45) is 2.82. The Kier molecular flexibility index (Phi) is 7.13. The van der Waals surface area contributed by atoms with Gasteiger partial charge in [-0.25, -0.2) is 13.1 Å². The van der Waals surface area contributed by atoms with Gasteiger partial charge in [-0.15, -0.1) is 12.4 Å². The number of nitrogens with zero attached hydrogens (tertiary/aromatic N) is 1. The second-order valence-corrected chi connectivity index (χ2v) is 9.85. The van der Waals surface area contributed by atoms with Crippen LogP contribution in [-0.4, -0.2) is 37.9 Å². The van der Waals surface area contributed by atoms with Gasteiger partial charge in [0.1, 0.15) is 0 Å².